The van der Waals surface area contributed by atoms with E-state index in [4.69, 9.17) is 0 Å². The molecule has 0 bridgehead atoms. The lowest BCUT2D eigenvalue weighted by molar-refractivity contribution is 0.795. The van der Waals surface area contributed by atoms with E-state index in [1.165, 1.54) is 97.7 Å². The molecule has 3 heterocycles. The van der Waals surface area contributed by atoms with Gasteiger partial charge < -0.3 is 9.38 Å². The average Bonchev–Trinajstić information content (AvgIpc) is 3.34. The van der Waals surface area contributed by atoms with E-state index >= 15 is 0 Å². The zero-order valence-corrected chi connectivity index (χ0v) is 24.0. The van der Waals surface area contributed by atoms with Gasteiger partial charge in [-0.15, -0.1) is 0 Å². The van der Waals surface area contributed by atoms with Gasteiger partial charge in [0, 0.05) is 44.4 Å². The molecular formula is C38H35BN2. The van der Waals surface area contributed by atoms with Gasteiger partial charge in [-0.2, -0.15) is 0 Å². The van der Waals surface area contributed by atoms with Crippen molar-refractivity contribution in [1.29, 1.82) is 0 Å². The first-order valence-corrected chi connectivity index (χ1v) is 15.4. The zero-order chi connectivity index (χ0) is 27.5. The highest BCUT2D eigenvalue weighted by Crippen LogP contribution is 2.45. The van der Waals surface area contributed by atoms with E-state index in [0.29, 0.717) is 0 Å². The van der Waals surface area contributed by atoms with Gasteiger partial charge in [0.1, 0.15) is 0 Å². The molecule has 0 spiro atoms. The SMILES string of the molecule is CCCCc1ccc2c(c1)c1cc(CCCC)cc3c1n2B1c2ccccc2N(c2ccccc2)c2cccc-3c21. The van der Waals surface area contributed by atoms with Gasteiger partial charge in [0.05, 0.1) is 0 Å². The molecule has 2 aliphatic rings. The number of aryl methyl sites for hydroxylation is 2. The summed E-state index contributed by atoms with van der Waals surface area (Å²) in [5.74, 6) is 0. The Bertz CT molecular complexity index is 1930. The van der Waals surface area contributed by atoms with Crippen LogP contribution in [0.15, 0.2) is 103 Å². The molecule has 0 aliphatic carbocycles. The summed E-state index contributed by atoms with van der Waals surface area (Å²) in [6.45, 7) is 4.71. The zero-order valence-electron chi connectivity index (χ0n) is 24.0. The van der Waals surface area contributed by atoms with Gasteiger partial charge in [-0.05, 0) is 102 Å². The lowest BCUT2D eigenvalue weighted by Gasteiger charge is -2.40. The topological polar surface area (TPSA) is 8.17 Å². The first-order chi connectivity index (χ1) is 20.3. The molecule has 0 saturated heterocycles. The molecule has 0 amide bonds. The lowest BCUT2D eigenvalue weighted by atomic mass is 9.45. The highest BCUT2D eigenvalue weighted by Gasteiger charge is 2.42. The summed E-state index contributed by atoms with van der Waals surface area (Å²) in [4.78, 5) is 2.47. The molecule has 0 radical (unpaired) electrons. The number of rotatable bonds is 7. The summed E-state index contributed by atoms with van der Waals surface area (Å²) < 4.78 is 2.68. The van der Waals surface area contributed by atoms with E-state index in [-0.39, 0.29) is 6.85 Å². The van der Waals surface area contributed by atoms with E-state index in [1.54, 1.807) is 0 Å². The third kappa shape index (κ3) is 3.65. The second-order valence-corrected chi connectivity index (χ2v) is 11.8. The Hall–Kier alpha value is -4.24. The summed E-state index contributed by atoms with van der Waals surface area (Å²) in [5, 5.41) is 2.83. The molecule has 0 fully saturated rings. The maximum atomic E-state index is 2.68. The highest BCUT2D eigenvalue weighted by atomic mass is 15.2. The smallest absolute Gasteiger partial charge is 0.333 e. The molecular weight excluding hydrogens is 495 g/mol. The lowest BCUT2D eigenvalue weighted by Crippen LogP contribution is -2.56. The Morgan fingerprint density at radius 2 is 1.34 bits per heavy atom. The van der Waals surface area contributed by atoms with Crippen molar-refractivity contribution >= 4 is 56.6 Å². The number of aromatic nitrogens is 1. The number of fused-ring (bicyclic) bond motifs is 7. The number of nitrogens with zero attached hydrogens (tertiary/aromatic N) is 2. The van der Waals surface area contributed by atoms with Crippen molar-refractivity contribution in [3.8, 4) is 11.1 Å². The standard InChI is InChI=1S/C38H35BN2/c1-3-5-13-26-21-22-34-30(23-26)32-25-27(14-6-4-2)24-31-29-17-12-20-36-37(29)39(41(34)38(31)32)33-18-10-11-19-35(33)40(36)28-15-8-7-9-16-28/h7-12,15-25H,3-6,13-14H2,1-2H3. The third-order valence-electron chi connectivity index (χ3n) is 9.29. The van der Waals surface area contributed by atoms with E-state index < -0.39 is 0 Å². The maximum absolute atomic E-state index is 2.68. The second kappa shape index (κ2) is 9.70. The molecule has 8 rings (SSSR count). The first-order valence-electron chi connectivity index (χ1n) is 15.4. The second-order valence-electron chi connectivity index (χ2n) is 11.8. The van der Waals surface area contributed by atoms with Gasteiger partial charge in [0.2, 0.25) is 0 Å². The van der Waals surface area contributed by atoms with Crippen molar-refractivity contribution in [1.82, 2.24) is 4.48 Å². The van der Waals surface area contributed by atoms with Crippen LogP contribution in [-0.4, -0.2) is 11.3 Å². The van der Waals surface area contributed by atoms with Crippen LogP contribution in [0.2, 0.25) is 0 Å². The highest BCUT2D eigenvalue weighted by molar-refractivity contribution is 6.90. The molecule has 0 N–H and O–H groups in total. The van der Waals surface area contributed by atoms with Crippen molar-refractivity contribution in [2.45, 2.75) is 52.4 Å². The van der Waals surface area contributed by atoms with Crippen LogP contribution in [0.25, 0.3) is 32.9 Å². The van der Waals surface area contributed by atoms with E-state index in [1.807, 2.05) is 0 Å². The predicted octanol–water partition coefficient (Wildman–Crippen LogP) is 8.90. The van der Waals surface area contributed by atoms with E-state index in [0.717, 1.165) is 12.8 Å². The van der Waals surface area contributed by atoms with Crippen LogP contribution < -0.4 is 15.8 Å². The van der Waals surface area contributed by atoms with Gasteiger partial charge in [-0.25, -0.2) is 0 Å². The minimum absolute atomic E-state index is 0.132. The van der Waals surface area contributed by atoms with Crippen LogP contribution in [0, 0.1) is 0 Å². The average molecular weight is 531 g/mol. The van der Waals surface area contributed by atoms with E-state index in [9.17, 15) is 0 Å². The molecule has 0 unspecified atom stereocenters. The molecule has 200 valence electrons. The Balaban J connectivity index is 1.48. The molecule has 2 nitrogen and oxygen atoms in total. The minimum atomic E-state index is 0.132. The van der Waals surface area contributed by atoms with Crippen molar-refractivity contribution in [3.05, 3.63) is 114 Å². The molecule has 2 aliphatic heterocycles. The third-order valence-corrected chi connectivity index (χ3v) is 9.29. The van der Waals surface area contributed by atoms with Gasteiger partial charge in [-0.3, -0.25) is 0 Å². The van der Waals surface area contributed by atoms with Crippen LogP contribution in [0.5, 0.6) is 0 Å². The molecule has 0 saturated carbocycles. The van der Waals surface area contributed by atoms with Crippen LogP contribution in [-0.2, 0) is 12.8 Å². The van der Waals surface area contributed by atoms with Crippen LogP contribution in [0.3, 0.4) is 0 Å². The monoisotopic (exact) mass is 530 g/mol. The van der Waals surface area contributed by atoms with E-state index in [2.05, 4.69) is 126 Å². The minimum Gasteiger partial charge on any atom is -0.375 e. The fourth-order valence-electron chi connectivity index (χ4n) is 7.43. The Morgan fingerprint density at radius 3 is 2.17 bits per heavy atom. The number of anilines is 3. The van der Waals surface area contributed by atoms with Gasteiger partial charge in [0.15, 0.2) is 0 Å². The number of para-hydroxylation sites is 2. The number of hydrogen-bond acceptors (Lipinski definition) is 1. The summed E-state index contributed by atoms with van der Waals surface area (Å²) in [5.41, 5.74) is 15.0. The van der Waals surface area contributed by atoms with Gasteiger partial charge >= 0.3 is 6.85 Å². The summed E-state index contributed by atoms with van der Waals surface area (Å²) in [7, 11) is 0. The van der Waals surface area contributed by atoms with Crippen LogP contribution in [0.1, 0.15) is 50.7 Å². The molecule has 3 heteroatoms. The fraction of sp³-hybridized carbons (Fsp3) is 0.211. The van der Waals surface area contributed by atoms with Crippen LogP contribution >= 0.6 is 0 Å². The molecule has 6 aromatic rings. The number of benzene rings is 5. The van der Waals surface area contributed by atoms with Gasteiger partial charge in [-0.1, -0.05) is 81.3 Å². The Morgan fingerprint density at radius 1 is 0.610 bits per heavy atom. The maximum Gasteiger partial charge on any atom is 0.333 e. The normalized spacial score (nSPS) is 13.1. The molecule has 41 heavy (non-hydrogen) atoms. The first kappa shape index (κ1) is 24.6. The van der Waals surface area contributed by atoms with Crippen molar-refractivity contribution < 1.29 is 0 Å². The summed E-state index contributed by atoms with van der Waals surface area (Å²) in [6.07, 6.45) is 7.15. The van der Waals surface area contributed by atoms with Crippen molar-refractivity contribution in [3.63, 3.8) is 0 Å². The fourth-order valence-corrected chi connectivity index (χ4v) is 7.43. The molecule has 5 aromatic carbocycles. The molecule has 0 atom stereocenters. The van der Waals surface area contributed by atoms with Crippen molar-refractivity contribution in [2.75, 3.05) is 4.90 Å². The number of unbranched alkanes of at least 4 members (excludes halogenated alkanes) is 2. The number of hydrogen-bond donors (Lipinski definition) is 0. The molecule has 1 aromatic heterocycles. The van der Waals surface area contributed by atoms with Crippen LogP contribution in [0.4, 0.5) is 17.1 Å². The largest absolute Gasteiger partial charge is 0.375 e. The summed E-state index contributed by atoms with van der Waals surface area (Å²) >= 11 is 0. The predicted molar refractivity (Wildman–Crippen MR) is 177 cm³/mol. The van der Waals surface area contributed by atoms with Gasteiger partial charge in [0.25, 0.3) is 0 Å². The van der Waals surface area contributed by atoms with Crippen molar-refractivity contribution in [2.24, 2.45) is 0 Å². The quantitative estimate of drug-likeness (QED) is 0.187. The Labute approximate surface area is 243 Å². The summed E-state index contributed by atoms with van der Waals surface area (Å²) in [6, 6.07) is 39.2. The Kier molecular flexibility index (Phi) is 5.81.